The number of rotatable bonds is 4. The number of morpholine rings is 1. The number of hydrogen-bond donors (Lipinski definition) is 1. The van der Waals surface area contributed by atoms with Gasteiger partial charge in [0.25, 0.3) is 0 Å². The van der Waals surface area contributed by atoms with Crippen LogP contribution in [0.2, 0.25) is 0 Å². The van der Waals surface area contributed by atoms with Crippen molar-refractivity contribution in [2.24, 2.45) is 0 Å². The van der Waals surface area contributed by atoms with Crippen LogP contribution in [0, 0.1) is 6.92 Å². The van der Waals surface area contributed by atoms with E-state index in [2.05, 4.69) is 49.2 Å². The third-order valence-electron chi connectivity index (χ3n) is 4.31. The summed E-state index contributed by atoms with van der Waals surface area (Å²) in [5.74, 6) is 0. The third kappa shape index (κ3) is 3.15. The van der Waals surface area contributed by atoms with Gasteiger partial charge in [-0.15, -0.1) is 0 Å². The first-order chi connectivity index (χ1) is 9.63. The van der Waals surface area contributed by atoms with E-state index in [4.69, 9.17) is 4.74 Å². The van der Waals surface area contributed by atoms with Gasteiger partial charge in [0.05, 0.1) is 12.7 Å². The predicted octanol–water partition coefficient (Wildman–Crippen LogP) is 2.86. The molecule has 0 radical (unpaired) electrons. The van der Waals surface area contributed by atoms with Gasteiger partial charge >= 0.3 is 0 Å². The molecule has 1 N–H and O–H groups in total. The van der Waals surface area contributed by atoms with Gasteiger partial charge in [-0.25, -0.2) is 0 Å². The molecule has 1 saturated carbocycles. The van der Waals surface area contributed by atoms with Gasteiger partial charge in [-0.1, -0.05) is 17.7 Å². The summed E-state index contributed by atoms with van der Waals surface area (Å²) >= 11 is 0. The van der Waals surface area contributed by atoms with Crippen molar-refractivity contribution in [3.8, 4) is 0 Å². The molecule has 2 unspecified atom stereocenters. The van der Waals surface area contributed by atoms with E-state index in [0.29, 0.717) is 12.1 Å². The van der Waals surface area contributed by atoms with E-state index in [9.17, 15) is 0 Å². The Hall–Kier alpha value is -1.06. The lowest BCUT2D eigenvalue weighted by atomic mass is 10.1. The van der Waals surface area contributed by atoms with Crippen molar-refractivity contribution in [3.63, 3.8) is 0 Å². The van der Waals surface area contributed by atoms with Crippen LogP contribution < -0.4 is 10.2 Å². The summed E-state index contributed by atoms with van der Waals surface area (Å²) in [5, 5.41) is 3.65. The van der Waals surface area contributed by atoms with E-state index in [1.54, 1.807) is 0 Å². The Morgan fingerprint density at radius 2 is 2.10 bits per heavy atom. The molecule has 1 heterocycles. The van der Waals surface area contributed by atoms with Gasteiger partial charge in [-0.3, -0.25) is 0 Å². The molecule has 1 aliphatic heterocycles. The molecule has 110 valence electrons. The van der Waals surface area contributed by atoms with Gasteiger partial charge in [0, 0.05) is 30.9 Å². The average Bonchev–Trinajstić information content (AvgIpc) is 3.24. The van der Waals surface area contributed by atoms with Crippen LogP contribution in [-0.4, -0.2) is 31.3 Å². The van der Waals surface area contributed by atoms with E-state index in [-0.39, 0.29) is 0 Å². The van der Waals surface area contributed by atoms with Crippen molar-refractivity contribution in [1.82, 2.24) is 5.32 Å². The summed E-state index contributed by atoms with van der Waals surface area (Å²) in [6, 6.07) is 8.05. The largest absolute Gasteiger partial charge is 0.375 e. The van der Waals surface area contributed by atoms with Crippen molar-refractivity contribution < 1.29 is 4.74 Å². The molecular formula is C17H26N2O. The fourth-order valence-electron chi connectivity index (χ4n) is 2.92. The summed E-state index contributed by atoms with van der Waals surface area (Å²) in [5.41, 5.74) is 4.15. The van der Waals surface area contributed by atoms with E-state index in [0.717, 1.165) is 25.7 Å². The minimum Gasteiger partial charge on any atom is -0.375 e. The van der Waals surface area contributed by atoms with Gasteiger partial charge < -0.3 is 15.0 Å². The Balaban J connectivity index is 1.82. The number of benzene rings is 1. The second-order valence-corrected chi connectivity index (χ2v) is 6.43. The molecule has 0 spiro atoms. The maximum absolute atomic E-state index is 5.76. The second-order valence-electron chi connectivity index (χ2n) is 6.43. The fourth-order valence-corrected chi connectivity index (χ4v) is 2.92. The first-order valence-corrected chi connectivity index (χ1v) is 7.84. The van der Waals surface area contributed by atoms with Crippen LogP contribution in [0.3, 0.4) is 0 Å². The van der Waals surface area contributed by atoms with Gasteiger partial charge in [0.15, 0.2) is 0 Å². The normalized spacial score (nSPS) is 26.9. The van der Waals surface area contributed by atoms with Crippen LogP contribution in [0.4, 0.5) is 5.69 Å². The van der Waals surface area contributed by atoms with Crippen molar-refractivity contribution in [2.45, 2.75) is 58.3 Å². The second kappa shape index (κ2) is 5.74. The first-order valence-electron chi connectivity index (χ1n) is 7.84. The minimum atomic E-state index is 0.316. The zero-order valence-corrected chi connectivity index (χ0v) is 12.9. The Labute approximate surface area is 122 Å². The Kier molecular flexibility index (Phi) is 3.99. The molecule has 2 fully saturated rings. The molecule has 1 aromatic carbocycles. The van der Waals surface area contributed by atoms with Crippen LogP contribution in [0.1, 0.15) is 37.8 Å². The zero-order chi connectivity index (χ0) is 14.1. The number of ether oxygens (including phenoxy) is 1. The minimum absolute atomic E-state index is 0.316. The molecule has 3 nitrogen and oxygen atoms in total. The predicted molar refractivity (Wildman–Crippen MR) is 83.3 cm³/mol. The van der Waals surface area contributed by atoms with Crippen LogP contribution in [0.5, 0.6) is 0 Å². The first kappa shape index (κ1) is 13.9. The summed E-state index contributed by atoms with van der Waals surface area (Å²) in [7, 11) is 0. The molecule has 3 rings (SSSR count). The molecule has 2 atom stereocenters. The van der Waals surface area contributed by atoms with Gasteiger partial charge in [-0.2, -0.15) is 0 Å². The van der Waals surface area contributed by atoms with E-state index in [1.165, 1.54) is 29.7 Å². The zero-order valence-electron chi connectivity index (χ0n) is 12.9. The number of hydrogen-bond acceptors (Lipinski definition) is 3. The summed E-state index contributed by atoms with van der Waals surface area (Å²) < 4.78 is 5.76. The highest BCUT2D eigenvalue weighted by molar-refractivity contribution is 5.56. The third-order valence-corrected chi connectivity index (χ3v) is 4.31. The van der Waals surface area contributed by atoms with Crippen molar-refractivity contribution >= 4 is 5.69 Å². The number of nitrogens with one attached hydrogen (secondary N) is 1. The Bertz CT molecular complexity index is 470. The van der Waals surface area contributed by atoms with Crippen LogP contribution >= 0.6 is 0 Å². The maximum atomic E-state index is 5.76. The van der Waals surface area contributed by atoms with Gasteiger partial charge in [0.1, 0.15) is 0 Å². The summed E-state index contributed by atoms with van der Waals surface area (Å²) in [6.07, 6.45) is 3.00. The molecule has 20 heavy (non-hydrogen) atoms. The number of anilines is 1. The Morgan fingerprint density at radius 1 is 1.30 bits per heavy atom. The topological polar surface area (TPSA) is 24.5 Å². The standard InChI is InChI=1S/C17H26N2O/c1-12-4-7-17(15(8-12)9-18-16-5-6-16)19-10-14(3)20-11-13(19)2/h4,7-8,13-14,16,18H,5-6,9-11H2,1-3H3. The van der Waals surface area contributed by atoms with Crippen LogP contribution in [0.15, 0.2) is 18.2 Å². The van der Waals surface area contributed by atoms with E-state index in [1.807, 2.05) is 0 Å². The molecule has 1 aliphatic carbocycles. The maximum Gasteiger partial charge on any atom is 0.0723 e. The highest BCUT2D eigenvalue weighted by Crippen LogP contribution is 2.28. The van der Waals surface area contributed by atoms with Crippen LogP contribution in [-0.2, 0) is 11.3 Å². The van der Waals surface area contributed by atoms with Crippen molar-refractivity contribution in [2.75, 3.05) is 18.1 Å². The molecule has 0 aromatic heterocycles. The lowest BCUT2D eigenvalue weighted by molar-refractivity contribution is 0.0343. The number of nitrogens with zero attached hydrogens (tertiary/aromatic N) is 1. The molecular weight excluding hydrogens is 248 g/mol. The van der Waals surface area contributed by atoms with Gasteiger partial charge in [-0.05, 0) is 45.2 Å². The summed E-state index contributed by atoms with van der Waals surface area (Å²) in [4.78, 5) is 2.51. The molecule has 1 saturated heterocycles. The molecule has 0 bridgehead atoms. The lowest BCUT2D eigenvalue weighted by Gasteiger charge is -2.39. The van der Waals surface area contributed by atoms with Crippen molar-refractivity contribution in [3.05, 3.63) is 29.3 Å². The molecule has 1 aromatic rings. The van der Waals surface area contributed by atoms with Crippen LogP contribution in [0.25, 0.3) is 0 Å². The highest BCUT2D eigenvalue weighted by Gasteiger charge is 2.26. The smallest absolute Gasteiger partial charge is 0.0723 e. The SMILES string of the molecule is Cc1ccc(N2CC(C)OCC2C)c(CNC2CC2)c1. The Morgan fingerprint density at radius 3 is 2.85 bits per heavy atom. The quantitative estimate of drug-likeness (QED) is 0.913. The van der Waals surface area contributed by atoms with Crippen molar-refractivity contribution in [1.29, 1.82) is 0 Å². The van der Waals surface area contributed by atoms with Gasteiger partial charge in [0.2, 0.25) is 0 Å². The molecule has 0 amide bonds. The number of aryl methyl sites for hydroxylation is 1. The lowest BCUT2D eigenvalue weighted by Crippen LogP contribution is -2.48. The molecule has 2 aliphatic rings. The van der Waals surface area contributed by atoms with E-state index >= 15 is 0 Å². The fraction of sp³-hybridized carbons (Fsp3) is 0.647. The monoisotopic (exact) mass is 274 g/mol. The van der Waals surface area contributed by atoms with E-state index < -0.39 is 0 Å². The summed E-state index contributed by atoms with van der Waals surface area (Å²) in [6.45, 7) is 9.39. The highest BCUT2D eigenvalue weighted by atomic mass is 16.5. The average molecular weight is 274 g/mol. The molecule has 3 heteroatoms.